The van der Waals surface area contributed by atoms with E-state index in [1.807, 2.05) is 33.8 Å². The molecule has 0 heterocycles. The predicted octanol–water partition coefficient (Wildman–Crippen LogP) is 4.68. The fraction of sp³-hybridized carbons (Fsp3) is 0.462. The average molecular weight is 289 g/mol. The lowest BCUT2D eigenvalue weighted by atomic mass is 10.2. The lowest BCUT2D eigenvalue weighted by Crippen LogP contribution is -2.03. The predicted molar refractivity (Wildman–Crippen MR) is 72.8 cm³/mol. The van der Waals surface area contributed by atoms with Gasteiger partial charge in [0.05, 0.1) is 12.2 Å². The Bertz CT molecular complexity index is 285. The van der Waals surface area contributed by atoms with Gasteiger partial charge in [0.25, 0.3) is 0 Å². The van der Waals surface area contributed by atoms with Crippen LogP contribution in [-0.4, -0.2) is 12.6 Å². The summed E-state index contributed by atoms with van der Waals surface area (Å²) in [4.78, 5) is 11.2. The van der Waals surface area contributed by atoms with Crippen LogP contribution >= 0.6 is 15.9 Å². The van der Waals surface area contributed by atoms with Gasteiger partial charge in [-0.05, 0) is 25.1 Å². The molecule has 92 valence electrons. The first-order valence-electron chi connectivity index (χ1n) is 5.66. The quantitative estimate of drug-likeness (QED) is 0.739. The van der Waals surface area contributed by atoms with Crippen LogP contribution in [0.4, 0.5) is 0 Å². The first kappa shape index (κ1) is 17.6. The van der Waals surface area contributed by atoms with Crippen LogP contribution in [0.5, 0.6) is 0 Å². The van der Waals surface area contributed by atoms with Gasteiger partial charge >= 0.3 is 5.97 Å². The van der Waals surface area contributed by atoms with Crippen molar-refractivity contribution >= 4 is 21.9 Å². The maximum Gasteiger partial charge on any atom is 0.338 e. The van der Waals surface area contributed by atoms with Crippen LogP contribution < -0.4 is 0 Å². The van der Waals surface area contributed by atoms with Crippen molar-refractivity contribution in [2.45, 2.75) is 34.6 Å². The second kappa shape index (κ2) is 12.2. The van der Waals surface area contributed by atoms with Crippen LogP contribution in [-0.2, 0) is 4.74 Å². The summed E-state index contributed by atoms with van der Waals surface area (Å²) in [6.45, 7) is 10.2. The fourth-order valence-electron chi connectivity index (χ4n) is 0.830. The van der Waals surface area contributed by atoms with Crippen molar-refractivity contribution in [3.8, 4) is 0 Å². The molecule has 0 N–H and O–H groups in total. The number of benzene rings is 1. The number of ether oxygens (including phenoxy) is 1. The van der Waals surface area contributed by atoms with Crippen LogP contribution in [0.1, 0.15) is 45.0 Å². The van der Waals surface area contributed by atoms with E-state index in [9.17, 15) is 4.79 Å². The minimum atomic E-state index is -0.279. The van der Waals surface area contributed by atoms with Gasteiger partial charge in [0.2, 0.25) is 0 Å². The summed E-state index contributed by atoms with van der Waals surface area (Å²) in [5.74, 6) is -0.279. The molecule has 16 heavy (non-hydrogen) atoms. The van der Waals surface area contributed by atoms with Crippen molar-refractivity contribution in [1.29, 1.82) is 0 Å². The molecular formula is C13H21BrO2. The lowest BCUT2D eigenvalue weighted by molar-refractivity contribution is 0.0526. The van der Waals surface area contributed by atoms with Crippen molar-refractivity contribution < 1.29 is 9.53 Å². The fourth-order valence-corrected chi connectivity index (χ4v) is 1.23. The van der Waals surface area contributed by atoms with Gasteiger partial charge < -0.3 is 4.74 Å². The molecule has 1 rings (SSSR count). The second-order valence-electron chi connectivity index (χ2n) is 2.23. The Kier molecular flexibility index (Phi) is 13.4. The zero-order valence-corrected chi connectivity index (χ0v) is 12.3. The van der Waals surface area contributed by atoms with Crippen LogP contribution in [0.3, 0.4) is 0 Å². The normalized spacial score (nSPS) is 7.88. The highest BCUT2D eigenvalue weighted by Gasteiger charge is 2.04. The SMILES string of the molecule is CC.CC.CCOC(=O)c1cccc(Br)c1. The minimum absolute atomic E-state index is 0.279. The molecule has 1 aromatic rings. The Labute approximate surface area is 107 Å². The largest absolute Gasteiger partial charge is 0.462 e. The highest BCUT2D eigenvalue weighted by atomic mass is 79.9. The molecule has 0 fully saturated rings. The summed E-state index contributed by atoms with van der Waals surface area (Å²) in [6, 6.07) is 7.12. The molecule has 0 radical (unpaired) electrons. The smallest absolute Gasteiger partial charge is 0.338 e. The van der Waals surface area contributed by atoms with Gasteiger partial charge in [-0.3, -0.25) is 0 Å². The average Bonchev–Trinajstić information content (AvgIpc) is 2.34. The Morgan fingerprint density at radius 3 is 2.25 bits per heavy atom. The van der Waals surface area contributed by atoms with Gasteiger partial charge in [0.1, 0.15) is 0 Å². The van der Waals surface area contributed by atoms with E-state index in [-0.39, 0.29) is 5.97 Å². The van der Waals surface area contributed by atoms with Crippen LogP contribution in [0.25, 0.3) is 0 Å². The first-order valence-corrected chi connectivity index (χ1v) is 6.46. The lowest BCUT2D eigenvalue weighted by Gasteiger charge is -2.00. The summed E-state index contributed by atoms with van der Waals surface area (Å²) in [7, 11) is 0. The zero-order valence-electron chi connectivity index (χ0n) is 10.7. The zero-order chi connectivity index (χ0) is 13.0. The van der Waals surface area contributed by atoms with Gasteiger partial charge in [-0.2, -0.15) is 0 Å². The van der Waals surface area contributed by atoms with Crippen molar-refractivity contribution in [3.05, 3.63) is 34.3 Å². The van der Waals surface area contributed by atoms with Crippen LogP contribution in [0.15, 0.2) is 28.7 Å². The monoisotopic (exact) mass is 288 g/mol. The Morgan fingerprint density at radius 2 is 1.81 bits per heavy atom. The maximum absolute atomic E-state index is 11.2. The number of hydrogen-bond acceptors (Lipinski definition) is 2. The molecule has 0 saturated carbocycles. The summed E-state index contributed by atoms with van der Waals surface area (Å²) in [6.07, 6.45) is 0. The van der Waals surface area contributed by atoms with E-state index in [2.05, 4.69) is 15.9 Å². The summed E-state index contributed by atoms with van der Waals surface area (Å²) >= 11 is 3.27. The highest BCUT2D eigenvalue weighted by molar-refractivity contribution is 9.10. The van der Waals surface area contributed by atoms with E-state index in [0.29, 0.717) is 12.2 Å². The van der Waals surface area contributed by atoms with Crippen molar-refractivity contribution in [2.75, 3.05) is 6.61 Å². The van der Waals surface area contributed by atoms with E-state index in [4.69, 9.17) is 4.74 Å². The molecule has 0 atom stereocenters. The number of carbonyl (C=O) groups is 1. The molecule has 0 amide bonds. The van der Waals surface area contributed by atoms with E-state index >= 15 is 0 Å². The minimum Gasteiger partial charge on any atom is -0.462 e. The van der Waals surface area contributed by atoms with E-state index in [1.165, 1.54) is 0 Å². The number of esters is 1. The molecule has 0 aromatic heterocycles. The van der Waals surface area contributed by atoms with E-state index in [1.54, 1.807) is 25.1 Å². The van der Waals surface area contributed by atoms with Gasteiger partial charge in [-0.1, -0.05) is 49.7 Å². The van der Waals surface area contributed by atoms with Crippen molar-refractivity contribution in [2.24, 2.45) is 0 Å². The molecule has 0 unspecified atom stereocenters. The number of halogens is 1. The molecular weight excluding hydrogens is 268 g/mol. The topological polar surface area (TPSA) is 26.3 Å². The molecule has 3 heteroatoms. The van der Waals surface area contributed by atoms with Crippen molar-refractivity contribution in [1.82, 2.24) is 0 Å². The summed E-state index contributed by atoms with van der Waals surface area (Å²) in [5, 5.41) is 0. The molecule has 0 aliphatic heterocycles. The Morgan fingerprint density at radius 1 is 1.25 bits per heavy atom. The molecule has 0 saturated heterocycles. The Balaban J connectivity index is 0. The van der Waals surface area contributed by atoms with E-state index < -0.39 is 0 Å². The number of carbonyl (C=O) groups excluding carboxylic acids is 1. The molecule has 1 aromatic carbocycles. The van der Waals surface area contributed by atoms with Crippen LogP contribution in [0, 0.1) is 0 Å². The van der Waals surface area contributed by atoms with Crippen LogP contribution in [0.2, 0.25) is 0 Å². The molecule has 0 bridgehead atoms. The first-order chi connectivity index (χ1) is 7.74. The highest BCUT2D eigenvalue weighted by Crippen LogP contribution is 2.12. The summed E-state index contributed by atoms with van der Waals surface area (Å²) < 4.78 is 5.71. The van der Waals surface area contributed by atoms with Gasteiger partial charge in [0, 0.05) is 4.47 Å². The molecule has 0 aliphatic carbocycles. The van der Waals surface area contributed by atoms with Crippen molar-refractivity contribution in [3.63, 3.8) is 0 Å². The molecule has 2 nitrogen and oxygen atoms in total. The number of hydrogen-bond donors (Lipinski definition) is 0. The van der Waals surface area contributed by atoms with Gasteiger partial charge in [-0.15, -0.1) is 0 Å². The Hall–Kier alpha value is -0.830. The standard InChI is InChI=1S/C9H9BrO2.2C2H6/c1-2-12-9(11)7-4-3-5-8(10)6-7;2*1-2/h3-6H,2H2,1H3;2*1-2H3. The molecule has 0 spiro atoms. The number of rotatable bonds is 2. The third-order valence-electron chi connectivity index (χ3n) is 1.34. The van der Waals surface area contributed by atoms with E-state index in [0.717, 1.165) is 4.47 Å². The second-order valence-corrected chi connectivity index (χ2v) is 3.15. The van der Waals surface area contributed by atoms with Gasteiger partial charge in [-0.25, -0.2) is 4.79 Å². The maximum atomic E-state index is 11.2. The van der Waals surface area contributed by atoms with Gasteiger partial charge in [0.15, 0.2) is 0 Å². The third-order valence-corrected chi connectivity index (χ3v) is 1.83. The summed E-state index contributed by atoms with van der Waals surface area (Å²) in [5.41, 5.74) is 0.575. The third kappa shape index (κ3) is 7.46. The molecule has 0 aliphatic rings.